The Labute approximate surface area is 138 Å². The smallest absolute Gasteiger partial charge is 0.333 e. The molecule has 2 heterocycles. The lowest BCUT2D eigenvalue weighted by Crippen LogP contribution is -2.46. The molecule has 0 amide bonds. The highest BCUT2D eigenvalue weighted by molar-refractivity contribution is 5.88. The van der Waals surface area contributed by atoms with Gasteiger partial charge in [0.15, 0.2) is 0 Å². The van der Waals surface area contributed by atoms with Crippen LogP contribution >= 0.6 is 0 Å². The average molecular weight is 321 g/mol. The SMILES string of the molecule is C/C=C(\C)C(=O)OC1C[C@H]2CC(OC(=O)/C(C)=C/C)[C@@H](C1)N2C. The lowest BCUT2D eigenvalue weighted by molar-refractivity contribution is -0.151. The van der Waals surface area contributed by atoms with Crippen LogP contribution in [0.2, 0.25) is 0 Å². The van der Waals surface area contributed by atoms with Gasteiger partial charge in [0, 0.05) is 36.5 Å². The number of esters is 2. The number of rotatable bonds is 4. The van der Waals surface area contributed by atoms with Crippen molar-refractivity contribution in [2.24, 2.45) is 0 Å². The quantitative estimate of drug-likeness (QED) is 0.588. The minimum atomic E-state index is -0.253. The van der Waals surface area contributed by atoms with E-state index in [9.17, 15) is 9.59 Å². The van der Waals surface area contributed by atoms with Crippen molar-refractivity contribution in [3.05, 3.63) is 23.3 Å². The summed E-state index contributed by atoms with van der Waals surface area (Å²) in [6.45, 7) is 7.18. The number of hydrogen-bond acceptors (Lipinski definition) is 5. The summed E-state index contributed by atoms with van der Waals surface area (Å²) in [6, 6.07) is 0.409. The van der Waals surface area contributed by atoms with Crippen molar-refractivity contribution in [3.8, 4) is 0 Å². The van der Waals surface area contributed by atoms with Crippen LogP contribution in [0.3, 0.4) is 0 Å². The molecule has 0 saturated carbocycles. The third-order valence-corrected chi connectivity index (χ3v) is 5.11. The average Bonchev–Trinajstić information content (AvgIpc) is 2.72. The van der Waals surface area contributed by atoms with Crippen molar-refractivity contribution < 1.29 is 19.1 Å². The second kappa shape index (κ2) is 7.30. The first kappa shape index (κ1) is 17.7. The number of carbonyl (C=O) groups is 2. The minimum absolute atomic E-state index is 0.102. The molecule has 0 aliphatic carbocycles. The molecule has 0 radical (unpaired) electrons. The van der Waals surface area contributed by atoms with Crippen LogP contribution in [0.5, 0.6) is 0 Å². The monoisotopic (exact) mass is 321 g/mol. The van der Waals surface area contributed by atoms with Gasteiger partial charge < -0.3 is 9.47 Å². The van der Waals surface area contributed by atoms with Gasteiger partial charge in [0.2, 0.25) is 0 Å². The van der Waals surface area contributed by atoms with E-state index in [1.165, 1.54) is 0 Å². The largest absolute Gasteiger partial charge is 0.459 e. The number of carbonyl (C=O) groups excluding carboxylic acids is 2. The van der Waals surface area contributed by atoms with E-state index in [2.05, 4.69) is 11.9 Å². The number of likely N-dealkylation sites (N-methyl/N-ethyl adjacent to an activating group) is 1. The van der Waals surface area contributed by atoms with Gasteiger partial charge in [0.05, 0.1) is 6.04 Å². The molecule has 5 nitrogen and oxygen atoms in total. The molecule has 4 atom stereocenters. The molecular formula is C18H27NO4. The molecule has 2 aliphatic heterocycles. The van der Waals surface area contributed by atoms with Crippen molar-refractivity contribution in [3.63, 3.8) is 0 Å². The first-order valence-electron chi connectivity index (χ1n) is 8.27. The van der Waals surface area contributed by atoms with Gasteiger partial charge in [-0.3, -0.25) is 4.90 Å². The predicted molar refractivity (Wildman–Crippen MR) is 87.8 cm³/mol. The highest BCUT2D eigenvalue weighted by Gasteiger charge is 2.47. The van der Waals surface area contributed by atoms with E-state index < -0.39 is 0 Å². The van der Waals surface area contributed by atoms with Crippen LogP contribution in [0.25, 0.3) is 0 Å². The molecule has 2 aliphatic rings. The fourth-order valence-electron chi connectivity index (χ4n) is 3.31. The number of fused-ring (bicyclic) bond motifs is 2. The van der Waals surface area contributed by atoms with Crippen molar-refractivity contribution in [2.75, 3.05) is 7.05 Å². The summed E-state index contributed by atoms with van der Waals surface area (Å²) < 4.78 is 11.3. The molecule has 0 aromatic carbocycles. The first-order valence-corrected chi connectivity index (χ1v) is 8.27. The van der Waals surface area contributed by atoms with E-state index in [-0.39, 0.29) is 30.2 Å². The van der Waals surface area contributed by atoms with Gasteiger partial charge in [-0.05, 0) is 34.7 Å². The second-order valence-electron chi connectivity index (χ2n) is 6.51. The van der Waals surface area contributed by atoms with Gasteiger partial charge in [-0.25, -0.2) is 9.59 Å². The van der Waals surface area contributed by atoms with Crippen LogP contribution < -0.4 is 0 Å². The summed E-state index contributed by atoms with van der Waals surface area (Å²) in [6.07, 6.45) is 5.61. The fourth-order valence-corrected chi connectivity index (χ4v) is 3.31. The predicted octanol–water partition coefficient (Wildman–Crippen LogP) is 2.61. The molecule has 5 heteroatoms. The standard InChI is InChI=1S/C18H27NO4/c1-6-11(3)17(20)22-14-8-13-9-16(15(10-14)19(13)5)23-18(21)12(4)7-2/h6-7,13-16H,8-10H2,1-5H3/b11-6+,12-7+/t13-,14?,15+,16?/m0/s1. The molecule has 2 fully saturated rings. The Kier molecular flexibility index (Phi) is 5.63. The molecule has 2 unspecified atom stereocenters. The van der Waals surface area contributed by atoms with Crippen LogP contribution in [0.4, 0.5) is 0 Å². The number of allylic oxidation sites excluding steroid dienone is 2. The Hall–Kier alpha value is -1.62. The highest BCUT2D eigenvalue weighted by Crippen LogP contribution is 2.37. The molecule has 2 bridgehead atoms. The van der Waals surface area contributed by atoms with Crippen molar-refractivity contribution in [1.29, 1.82) is 0 Å². The summed E-state index contributed by atoms with van der Waals surface area (Å²) in [5.41, 5.74) is 1.25. The van der Waals surface area contributed by atoms with Crippen LogP contribution in [-0.4, -0.2) is 48.2 Å². The summed E-state index contributed by atoms with van der Waals surface area (Å²) in [7, 11) is 2.06. The first-order chi connectivity index (χ1) is 10.9. The second-order valence-corrected chi connectivity index (χ2v) is 6.51. The zero-order valence-corrected chi connectivity index (χ0v) is 14.7. The minimum Gasteiger partial charge on any atom is -0.459 e. The molecule has 0 spiro atoms. The molecule has 23 heavy (non-hydrogen) atoms. The summed E-state index contributed by atoms with van der Waals surface area (Å²) in [5.74, 6) is -0.503. The number of ether oxygens (including phenoxy) is 2. The molecule has 0 aromatic heterocycles. The van der Waals surface area contributed by atoms with Crippen LogP contribution in [-0.2, 0) is 19.1 Å². The van der Waals surface area contributed by atoms with Crippen LogP contribution in [0.1, 0.15) is 47.0 Å². The van der Waals surface area contributed by atoms with Gasteiger partial charge in [-0.1, -0.05) is 12.2 Å². The maximum atomic E-state index is 12.0. The van der Waals surface area contributed by atoms with Crippen LogP contribution in [0.15, 0.2) is 23.3 Å². The molecule has 0 N–H and O–H groups in total. The lowest BCUT2D eigenvalue weighted by atomic mass is 10.00. The topological polar surface area (TPSA) is 55.8 Å². The molecule has 2 rings (SSSR count). The third kappa shape index (κ3) is 3.83. The van der Waals surface area contributed by atoms with Gasteiger partial charge in [-0.2, -0.15) is 0 Å². The van der Waals surface area contributed by atoms with E-state index in [4.69, 9.17) is 9.47 Å². The Morgan fingerprint density at radius 3 is 2.09 bits per heavy atom. The molecule has 128 valence electrons. The Balaban J connectivity index is 2.00. The van der Waals surface area contributed by atoms with E-state index in [1.807, 2.05) is 13.8 Å². The van der Waals surface area contributed by atoms with E-state index in [1.54, 1.807) is 26.0 Å². The molecule has 2 saturated heterocycles. The van der Waals surface area contributed by atoms with E-state index in [0.29, 0.717) is 23.6 Å². The van der Waals surface area contributed by atoms with Crippen molar-refractivity contribution in [2.45, 2.75) is 71.2 Å². The summed E-state index contributed by atoms with van der Waals surface area (Å²) in [5, 5.41) is 0. The van der Waals surface area contributed by atoms with Crippen molar-refractivity contribution >= 4 is 11.9 Å². The van der Waals surface area contributed by atoms with Crippen LogP contribution in [0, 0.1) is 0 Å². The molecular weight excluding hydrogens is 294 g/mol. The van der Waals surface area contributed by atoms with E-state index in [0.717, 1.165) is 12.8 Å². The summed E-state index contributed by atoms with van der Waals surface area (Å²) >= 11 is 0. The Morgan fingerprint density at radius 1 is 0.957 bits per heavy atom. The van der Waals surface area contributed by atoms with Crippen molar-refractivity contribution in [1.82, 2.24) is 4.90 Å². The fraction of sp³-hybridized carbons (Fsp3) is 0.667. The van der Waals surface area contributed by atoms with Gasteiger partial charge in [0.25, 0.3) is 0 Å². The van der Waals surface area contributed by atoms with E-state index >= 15 is 0 Å². The highest BCUT2D eigenvalue weighted by atomic mass is 16.6. The van der Waals surface area contributed by atoms with Gasteiger partial charge in [-0.15, -0.1) is 0 Å². The van der Waals surface area contributed by atoms with Gasteiger partial charge >= 0.3 is 11.9 Å². The van der Waals surface area contributed by atoms with Gasteiger partial charge in [0.1, 0.15) is 12.2 Å². The third-order valence-electron chi connectivity index (χ3n) is 5.11. The normalized spacial score (nSPS) is 31.9. The Bertz CT molecular complexity index is 535. The maximum absolute atomic E-state index is 12.0. The summed E-state index contributed by atoms with van der Waals surface area (Å²) in [4.78, 5) is 26.2. The number of nitrogens with zero attached hydrogens (tertiary/aromatic N) is 1. The Morgan fingerprint density at radius 2 is 1.52 bits per heavy atom. The maximum Gasteiger partial charge on any atom is 0.333 e. The molecule has 0 aromatic rings. The lowest BCUT2D eigenvalue weighted by Gasteiger charge is -2.36. The number of piperidine rings is 1. The zero-order valence-electron chi connectivity index (χ0n) is 14.7. The zero-order chi connectivity index (χ0) is 17.1. The number of hydrogen-bond donors (Lipinski definition) is 0.